The summed E-state index contributed by atoms with van der Waals surface area (Å²) in [6, 6.07) is 0. The highest BCUT2D eigenvalue weighted by Crippen LogP contribution is 2.44. The van der Waals surface area contributed by atoms with Crippen LogP contribution in [0.1, 0.15) is 51.9 Å². The number of methoxy groups -OCH3 is 1. The molecule has 0 atom stereocenters. The first kappa shape index (κ1) is 22.0. The number of nitrogens with zero attached hydrogens (tertiary/aromatic N) is 1. The first-order valence-corrected chi connectivity index (χ1v) is 9.37. The van der Waals surface area contributed by atoms with E-state index in [0.717, 1.165) is 64.2 Å². The number of rotatable bonds is 12. The van der Waals surface area contributed by atoms with Gasteiger partial charge in [-0.15, -0.1) is 24.0 Å². The Hall–Kier alpha value is -0.0800. The molecule has 0 aromatic rings. The van der Waals surface area contributed by atoms with Crippen LogP contribution in [-0.2, 0) is 9.47 Å². The van der Waals surface area contributed by atoms with E-state index in [1.54, 1.807) is 7.11 Å². The SMILES string of the molecule is CCNC(=NCC1(CCOC)CCC1)NCCCOCC1CC1.I. The molecule has 2 rings (SSSR count). The lowest BCUT2D eigenvalue weighted by Crippen LogP contribution is -2.40. The molecule has 0 aromatic carbocycles. The lowest BCUT2D eigenvalue weighted by molar-refractivity contribution is 0.0778. The van der Waals surface area contributed by atoms with E-state index in [1.807, 2.05) is 0 Å². The third-order valence-corrected chi connectivity index (χ3v) is 4.98. The standard InChI is InChI=1S/C18H35N3O2.HI/c1-3-19-17(20-11-5-12-23-14-16-6-7-16)21-15-18(8-4-9-18)10-13-22-2;/h16H,3-15H2,1-2H3,(H2,19,20,21);1H. The summed E-state index contributed by atoms with van der Waals surface area (Å²) in [6.07, 6.45) is 8.79. The summed E-state index contributed by atoms with van der Waals surface area (Å²) in [5.41, 5.74) is 0.381. The minimum absolute atomic E-state index is 0. The molecular formula is C18H36IN3O2. The molecular weight excluding hydrogens is 417 g/mol. The molecule has 142 valence electrons. The van der Waals surface area contributed by atoms with E-state index in [-0.39, 0.29) is 24.0 Å². The number of halogens is 1. The molecule has 0 bridgehead atoms. The van der Waals surface area contributed by atoms with E-state index < -0.39 is 0 Å². The Labute approximate surface area is 164 Å². The highest BCUT2D eigenvalue weighted by Gasteiger charge is 2.36. The van der Waals surface area contributed by atoms with Gasteiger partial charge >= 0.3 is 0 Å². The van der Waals surface area contributed by atoms with E-state index in [0.29, 0.717) is 5.41 Å². The van der Waals surface area contributed by atoms with Crippen molar-refractivity contribution in [2.24, 2.45) is 16.3 Å². The maximum absolute atomic E-state index is 5.67. The number of nitrogens with one attached hydrogen (secondary N) is 2. The summed E-state index contributed by atoms with van der Waals surface area (Å²) in [4.78, 5) is 4.81. The molecule has 24 heavy (non-hydrogen) atoms. The molecule has 0 radical (unpaired) electrons. The van der Waals surface area contributed by atoms with Gasteiger partial charge < -0.3 is 20.1 Å². The third-order valence-electron chi connectivity index (χ3n) is 4.98. The summed E-state index contributed by atoms with van der Waals surface area (Å²) >= 11 is 0. The van der Waals surface area contributed by atoms with Crippen LogP contribution in [0.5, 0.6) is 0 Å². The fourth-order valence-electron chi connectivity index (χ4n) is 2.99. The minimum atomic E-state index is 0. The molecule has 0 aromatic heterocycles. The zero-order valence-corrected chi connectivity index (χ0v) is 17.8. The van der Waals surface area contributed by atoms with E-state index in [4.69, 9.17) is 14.5 Å². The van der Waals surface area contributed by atoms with Crippen molar-refractivity contribution in [1.29, 1.82) is 0 Å². The monoisotopic (exact) mass is 453 g/mol. The summed E-state index contributed by atoms with van der Waals surface area (Å²) in [7, 11) is 1.78. The topological polar surface area (TPSA) is 54.9 Å². The molecule has 0 spiro atoms. The molecule has 0 saturated heterocycles. The van der Waals surface area contributed by atoms with Crippen LogP contribution in [0.15, 0.2) is 4.99 Å². The van der Waals surface area contributed by atoms with Crippen LogP contribution in [-0.4, -0.2) is 52.5 Å². The minimum Gasteiger partial charge on any atom is -0.385 e. The number of hydrogen-bond donors (Lipinski definition) is 2. The van der Waals surface area contributed by atoms with Crippen molar-refractivity contribution < 1.29 is 9.47 Å². The molecule has 2 aliphatic carbocycles. The molecule has 6 heteroatoms. The lowest BCUT2D eigenvalue weighted by Gasteiger charge is -2.40. The van der Waals surface area contributed by atoms with Crippen molar-refractivity contribution in [2.45, 2.75) is 51.9 Å². The van der Waals surface area contributed by atoms with Gasteiger partial charge in [0.05, 0.1) is 0 Å². The zero-order chi connectivity index (χ0) is 16.4. The van der Waals surface area contributed by atoms with Crippen LogP contribution in [0.3, 0.4) is 0 Å². The summed E-state index contributed by atoms with van der Waals surface area (Å²) in [5, 5.41) is 6.77. The van der Waals surface area contributed by atoms with Gasteiger partial charge in [-0.3, -0.25) is 4.99 Å². The average molecular weight is 453 g/mol. The van der Waals surface area contributed by atoms with E-state index in [2.05, 4.69) is 17.6 Å². The Kier molecular flexibility index (Phi) is 11.3. The Morgan fingerprint density at radius 3 is 2.58 bits per heavy atom. The van der Waals surface area contributed by atoms with Crippen molar-refractivity contribution in [3.63, 3.8) is 0 Å². The van der Waals surface area contributed by atoms with Gasteiger partial charge in [-0.25, -0.2) is 0 Å². The van der Waals surface area contributed by atoms with Crippen LogP contribution >= 0.6 is 24.0 Å². The quantitative estimate of drug-likeness (QED) is 0.206. The molecule has 0 amide bonds. The maximum Gasteiger partial charge on any atom is 0.191 e. The van der Waals surface area contributed by atoms with Gasteiger partial charge in [-0.1, -0.05) is 6.42 Å². The van der Waals surface area contributed by atoms with Crippen LogP contribution in [0.4, 0.5) is 0 Å². The molecule has 0 heterocycles. The second-order valence-electron chi connectivity index (χ2n) is 7.09. The smallest absolute Gasteiger partial charge is 0.191 e. The number of aliphatic imine (C=N–C) groups is 1. The summed E-state index contributed by atoms with van der Waals surface area (Å²) in [6.45, 7) is 7.48. The average Bonchev–Trinajstić information content (AvgIpc) is 3.33. The van der Waals surface area contributed by atoms with Gasteiger partial charge in [0.2, 0.25) is 0 Å². The summed E-state index contributed by atoms with van der Waals surface area (Å²) in [5.74, 6) is 1.80. The van der Waals surface area contributed by atoms with Gasteiger partial charge in [-0.2, -0.15) is 0 Å². The number of hydrogen-bond acceptors (Lipinski definition) is 3. The van der Waals surface area contributed by atoms with Gasteiger partial charge in [0.25, 0.3) is 0 Å². The van der Waals surface area contributed by atoms with E-state index in [1.165, 1.54) is 32.1 Å². The van der Waals surface area contributed by atoms with Crippen molar-refractivity contribution in [3.05, 3.63) is 0 Å². The Morgan fingerprint density at radius 1 is 1.21 bits per heavy atom. The lowest BCUT2D eigenvalue weighted by atomic mass is 9.67. The molecule has 0 unspecified atom stereocenters. The van der Waals surface area contributed by atoms with Gasteiger partial charge in [0.15, 0.2) is 5.96 Å². The maximum atomic E-state index is 5.67. The normalized spacial score (nSPS) is 19.3. The molecule has 2 saturated carbocycles. The van der Waals surface area contributed by atoms with Gasteiger partial charge in [0.1, 0.15) is 0 Å². The highest BCUT2D eigenvalue weighted by atomic mass is 127. The Balaban J connectivity index is 0.00000288. The number of ether oxygens (including phenoxy) is 2. The number of guanidine groups is 1. The first-order valence-electron chi connectivity index (χ1n) is 9.37. The Morgan fingerprint density at radius 2 is 2.00 bits per heavy atom. The largest absolute Gasteiger partial charge is 0.385 e. The highest BCUT2D eigenvalue weighted by molar-refractivity contribution is 14.0. The van der Waals surface area contributed by atoms with Crippen LogP contribution in [0, 0.1) is 11.3 Å². The predicted molar refractivity (Wildman–Crippen MR) is 110 cm³/mol. The van der Waals surface area contributed by atoms with Crippen molar-refractivity contribution in [2.75, 3.05) is 46.6 Å². The summed E-state index contributed by atoms with van der Waals surface area (Å²) < 4.78 is 10.9. The first-order chi connectivity index (χ1) is 11.3. The van der Waals surface area contributed by atoms with Crippen LogP contribution in [0.2, 0.25) is 0 Å². The van der Waals surface area contributed by atoms with Crippen molar-refractivity contribution in [1.82, 2.24) is 10.6 Å². The Bertz CT molecular complexity index is 358. The van der Waals surface area contributed by atoms with Crippen molar-refractivity contribution >= 4 is 29.9 Å². The van der Waals surface area contributed by atoms with E-state index in [9.17, 15) is 0 Å². The van der Waals surface area contributed by atoms with Gasteiger partial charge in [0, 0.05) is 46.6 Å². The molecule has 2 aliphatic rings. The second-order valence-corrected chi connectivity index (χ2v) is 7.09. The fraction of sp³-hybridized carbons (Fsp3) is 0.944. The molecule has 2 N–H and O–H groups in total. The van der Waals surface area contributed by atoms with Crippen molar-refractivity contribution in [3.8, 4) is 0 Å². The molecule has 2 fully saturated rings. The van der Waals surface area contributed by atoms with Gasteiger partial charge in [-0.05, 0) is 56.8 Å². The zero-order valence-electron chi connectivity index (χ0n) is 15.4. The molecule has 5 nitrogen and oxygen atoms in total. The van der Waals surface area contributed by atoms with Crippen LogP contribution < -0.4 is 10.6 Å². The van der Waals surface area contributed by atoms with E-state index >= 15 is 0 Å². The molecule has 0 aliphatic heterocycles. The second kappa shape index (κ2) is 12.3. The predicted octanol–water partition coefficient (Wildman–Crippen LogP) is 3.18. The fourth-order valence-corrected chi connectivity index (χ4v) is 2.99. The third kappa shape index (κ3) is 8.34. The van der Waals surface area contributed by atoms with Crippen LogP contribution in [0.25, 0.3) is 0 Å².